The Kier molecular flexibility index (Phi) is 6.50. The molecule has 1 unspecified atom stereocenters. The van der Waals surface area contributed by atoms with Gasteiger partial charge in [-0.1, -0.05) is 13.8 Å². The first-order valence-electron chi connectivity index (χ1n) is 7.01. The number of nitrogens with zero attached hydrogens (tertiary/aromatic N) is 1. The molecule has 0 radical (unpaired) electrons. The molecule has 0 bridgehead atoms. The minimum absolute atomic E-state index is 0.0698. The molecule has 1 rings (SSSR count). The van der Waals surface area contributed by atoms with Gasteiger partial charge < -0.3 is 10.6 Å². The molecule has 1 heterocycles. The summed E-state index contributed by atoms with van der Waals surface area (Å²) >= 11 is 0. The molecule has 0 aliphatic heterocycles. The molecule has 19 heavy (non-hydrogen) atoms. The molecule has 1 aromatic heterocycles. The number of aryl methyl sites for hydroxylation is 1. The Morgan fingerprint density at radius 2 is 2.05 bits per heavy atom. The van der Waals surface area contributed by atoms with E-state index >= 15 is 0 Å². The Hall–Kier alpha value is -1.42. The molecule has 4 heteroatoms. The number of carbonyl (C=O) groups excluding carboxylic acids is 1. The van der Waals surface area contributed by atoms with Gasteiger partial charge in [-0.25, -0.2) is 0 Å². The van der Waals surface area contributed by atoms with Crippen LogP contribution in [-0.4, -0.2) is 23.0 Å². The maximum Gasteiger partial charge on any atom is 0.237 e. The summed E-state index contributed by atoms with van der Waals surface area (Å²) in [5, 5.41) is 6.31. The first-order chi connectivity index (χ1) is 9.08. The third kappa shape index (κ3) is 4.99. The average Bonchev–Trinajstić information content (AvgIpc) is 2.43. The summed E-state index contributed by atoms with van der Waals surface area (Å²) in [6, 6.07) is 2.07. The highest BCUT2D eigenvalue weighted by Crippen LogP contribution is 2.05. The molecule has 0 fully saturated rings. The summed E-state index contributed by atoms with van der Waals surface area (Å²) in [6.07, 6.45) is 5.56. The number of amides is 1. The van der Waals surface area contributed by atoms with Crippen LogP contribution in [-0.2, 0) is 11.3 Å². The van der Waals surface area contributed by atoms with E-state index < -0.39 is 0 Å². The van der Waals surface area contributed by atoms with Gasteiger partial charge in [0.15, 0.2) is 0 Å². The minimum atomic E-state index is -0.187. The largest absolute Gasteiger partial charge is 0.352 e. The highest BCUT2D eigenvalue weighted by Gasteiger charge is 2.15. The summed E-state index contributed by atoms with van der Waals surface area (Å²) in [5.41, 5.74) is 2.32. The van der Waals surface area contributed by atoms with Gasteiger partial charge in [0.05, 0.1) is 6.04 Å². The van der Waals surface area contributed by atoms with Crippen LogP contribution in [0.3, 0.4) is 0 Å². The fraction of sp³-hybridized carbons (Fsp3) is 0.600. The predicted molar refractivity (Wildman–Crippen MR) is 77.8 cm³/mol. The van der Waals surface area contributed by atoms with Crippen LogP contribution in [0.4, 0.5) is 0 Å². The molecule has 0 saturated carbocycles. The van der Waals surface area contributed by atoms with Crippen molar-refractivity contribution in [2.45, 2.75) is 59.2 Å². The van der Waals surface area contributed by atoms with Crippen LogP contribution in [0.25, 0.3) is 0 Å². The van der Waals surface area contributed by atoms with E-state index in [1.54, 1.807) is 6.20 Å². The third-order valence-corrected chi connectivity index (χ3v) is 3.46. The molecule has 106 valence electrons. The van der Waals surface area contributed by atoms with Crippen LogP contribution in [0.5, 0.6) is 0 Å². The van der Waals surface area contributed by atoms with Crippen LogP contribution in [0, 0.1) is 6.92 Å². The molecular formula is C15H25N3O. The van der Waals surface area contributed by atoms with Crippen LogP contribution < -0.4 is 10.6 Å². The van der Waals surface area contributed by atoms with Crippen LogP contribution in [0.2, 0.25) is 0 Å². The second kappa shape index (κ2) is 7.89. The van der Waals surface area contributed by atoms with Gasteiger partial charge in [-0.15, -0.1) is 0 Å². The van der Waals surface area contributed by atoms with Gasteiger partial charge in [0.2, 0.25) is 5.91 Å². The molecule has 0 saturated heterocycles. The molecule has 2 N–H and O–H groups in total. The summed E-state index contributed by atoms with van der Waals surface area (Å²) in [6.45, 7) is 8.79. The van der Waals surface area contributed by atoms with Crippen molar-refractivity contribution in [3.05, 3.63) is 29.6 Å². The minimum Gasteiger partial charge on any atom is -0.352 e. The molecule has 0 aliphatic rings. The summed E-state index contributed by atoms with van der Waals surface area (Å²) in [4.78, 5) is 16.1. The third-order valence-electron chi connectivity index (χ3n) is 3.46. The highest BCUT2D eigenvalue weighted by atomic mass is 16.2. The molecule has 0 aromatic carbocycles. The highest BCUT2D eigenvalue weighted by molar-refractivity contribution is 5.81. The quantitative estimate of drug-likeness (QED) is 0.792. The van der Waals surface area contributed by atoms with Gasteiger partial charge in [-0.3, -0.25) is 9.78 Å². The van der Waals surface area contributed by atoms with Crippen molar-refractivity contribution in [1.29, 1.82) is 0 Å². The van der Waals surface area contributed by atoms with Gasteiger partial charge in [0.1, 0.15) is 0 Å². The summed E-state index contributed by atoms with van der Waals surface area (Å²) in [5.74, 6) is 0.0698. The lowest BCUT2D eigenvalue weighted by Crippen LogP contribution is -2.45. The van der Waals surface area contributed by atoms with Crippen molar-refractivity contribution >= 4 is 5.91 Å². The maximum absolute atomic E-state index is 12.0. The van der Waals surface area contributed by atoms with Gasteiger partial charge in [0.25, 0.3) is 0 Å². The number of carbonyl (C=O) groups is 1. The number of hydrogen-bond acceptors (Lipinski definition) is 3. The lowest BCUT2D eigenvalue weighted by molar-refractivity contribution is -0.123. The van der Waals surface area contributed by atoms with E-state index in [0.717, 1.165) is 18.4 Å². The van der Waals surface area contributed by atoms with E-state index in [1.807, 2.05) is 26.1 Å². The smallest absolute Gasteiger partial charge is 0.237 e. The Balaban J connectivity index is 2.45. The van der Waals surface area contributed by atoms with Gasteiger partial charge in [-0.2, -0.15) is 0 Å². The maximum atomic E-state index is 12.0. The van der Waals surface area contributed by atoms with Gasteiger partial charge >= 0.3 is 0 Å². The SMILES string of the molecule is CCC(CC)NC(=O)C(C)NCc1ccncc1C. The summed E-state index contributed by atoms with van der Waals surface area (Å²) < 4.78 is 0. The zero-order chi connectivity index (χ0) is 14.3. The Morgan fingerprint density at radius 3 is 2.63 bits per heavy atom. The van der Waals surface area contributed by atoms with E-state index in [2.05, 4.69) is 29.5 Å². The Bertz CT molecular complexity index is 402. The summed E-state index contributed by atoms with van der Waals surface area (Å²) in [7, 11) is 0. The molecule has 1 amide bonds. The second-order valence-electron chi connectivity index (χ2n) is 4.93. The van der Waals surface area contributed by atoms with Crippen molar-refractivity contribution < 1.29 is 4.79 Å². The number of pyridine rings is 1. The Labute approximate surface area is 116 Å². The molecule has 0 aliphatic carbocycles. The zero-order valence-electron chi connectivity index (χ0n) is 12.4. The van der Waals surface area contributed by atoms with Gasteiger partial charge in [-0.05, 0) is 43.9 Å². The number of hydrogen-bond donors (Lipinski definition) is 2. The van der Waals surface area contributed by atoms with E-state index in [0.29, 0.717) is 6.54 Å². The monoisotopic (exact) mass is 263 g/mol. The fourth-order valence-electron chi connectivity index (χ4n) is 1.88. The first kappa shape index (κ1) is 15.6. The van der Waals surface area contributed by atoms with E-state index in [4.69, 9.17) is 0 Å². The standard InChI is InChI=1S/C15H25N3O/c1-5-14(6-2)18-15(19)12(4)17-10-13-7-8-16-9-11(13)3/h7-9,12,14,17H,5-6,10H2,1-4H3,(H,18,19). The molecule has 1 atom stereocenters. The number of nitrogens with one attached hydrogen (secondary N) is 2. The molecule has 4 nitrogen and oxygen atoms in total. The molecule has 1 aromatic rings. The normalized spacial score (nSPS) is 12.5. The lowest BCUT2D eigenvalue weighted by Gasteiger charge is -2.19. The fourth-order valence-corrected chi connectivity index (χ4v) is 1.88. The molecular weight excluding hydrogens is 238 g/mol. The predicted octanol–water partition coefficient (Wildman–Crippen LogP) is 2.17. The van der Waals surface area contributed by atoms with Crippen LogP contribution in [0.15, 0.2) is 18.5 Å². The number of rotatable bonds is 7. The van der Waals surface area contributed by atoms with Crippen molar-refractivity contribution in [3.63, 3.8) is 0 Å². The van der Waals surface area contributed by atoms with E-state index in [9.17, 15) is 4.79 Å². The first-order valence-corrected chi connectivity index (χ1v) is 7.01. The number of aromatic nitrogens is 1. The van der Waals surface area contributed by atoms with Crippen LogP contribution >= 0.6 is 0 Å². The topological polar surface area (TPSA) is 54.0 Å². The van der Waals surface area contributed by atoms with Crippen molar-refractivity contribution in [2.75, 3.05) is 0 Å². The van der Waals surface area contributed by atoms with E-state index in [-0.39, 0.29) is 18.0 Å². The lowest BCUT2D eigenvalue weighted by atomic mass is 10.1. The Morgan fingerprint density at radius 1 is 1.37 bits per heavy atom. The van der Waals surface area contributed by atoms with Crippen molar-refractivity contribution in [1.82, 2.24) is 15.6 Å². The zero-order valence-corrected chi connectivity index (χ0v) is 12.4. The molecule has 0 spiro atoms. The van der Waals surface area contributed by atoms with Crippen LogP contribution in [0.1, 0.15) is 44.7 Å². The second-order valence-corrected chi connectivity index (χ2v) is 4.93. The van der Waals surface area contributed by atoms with Crippen molar-refractivity contribution in [3.8, 4) is 0 Å². The van der Waals surface area contributed by atoms with E-state index in [1.165, 1.54) is 5.56 Å². The van der Waals surface area contributed by atoms with Crippen molar-refractivity contribution in [2.24, 2.45) is 0 Å². The van der Waals surface area contributed by atoms with Gasteiger partial charge in [0, 0.05) is 25.0 Å². The average molecular weight is 263 g/mol.